The number of nitrogens with zero attached hydrogens (tertiary/aromatic N) is 2. The van der Waals surface area contributed by atoms with E-state index in [-0.39, 0.29) is 6.61 Å². The zero-order valence-corrected chi connectivity index (χ0v) is 8.44. The van der Waals surface area contributed by atoms with Gasteiger partial charge in [0.2, 0.25) is 0 Å². The van der Waals surface area contributed by atoms with Crippen molar-refractivity contribution in [1.82, 2.24) is 10.1 Å². The summed E-state index contributed by atoms with van der Waals surface area (Å²) in [4.78, 5) is 2.33. The molecule has 1 aliphatic heterocycles. The SMILES string of the molecule is CN1CCC(Cc2cc(CO)no2)C1. The minimum atomic E-state index is -0.0337. The van der Waals surface area contributed by atoms with Crippen molar-refractivity contribution >= 4 is 0 Å². The van der Waals surface area contributed by atoms with Crippen molar-refractivity contribution in [2.45, 2.75) is 19.4 Å². The number of aliphatic hydroxyl groups excluding tert-OH is 1. The summed E-state index contributed by atoms with van der Waals surface area (Å²) >= 11 is 0. The van der Waals surface area contributed by atoms with Gasteiger partial charge in [0.15, 0.2) is 0 Å². The summed E-state index contributed by atoms with van der Waals surface area (Å²) in [5.74, 6) is 1.58. The maximum absolute atomic E-state index is 8.82. The second-order valence-corrected chi connectivity index (χ2v) is 4.06. The number of hydrogen-bond acceptors (Lipinski definition) is 4. The molecule has 0 saturated carbocycles. The van der Waals surface area contributed by atoms with Gasteiger partial charge < -0.3 is 14.5 Å². The minimum absolute atomic E-state index is 0.0337. The van der Waals surface area contributed by atoms with Gasteiger partial charge in [-0.2, -0.15) is 0 Å². The standard InChI is InChI=1S/C10H16N2O2/c1-12-3-2-8(6-12)4-10-5-9(7-13)11-14-10/h5,8,13H,2-4,6-7H2,1H3. The molecular formula is C10H16N2O2. The van der Waals surface area contributed by atoms with Gasteiger partial charge in [-0.1, -0.05) is 5.16 Å². The molecule has 4 nitrogen and oxygen atoms in total. The summed E-state index contributed by atoms with van der Waals surface area (Å²) < 4.78 is 5.12. The van der Waals surface area contributed by atoms with E-state index in [4.69, 9.17) is 9.63 Å². The highest BCUT2D eigenvalue weighted by atomic mass is 16.5. The van der Waals surface area contributed by atoms with Gasteiger partial charge in [0, 0.05) is 19.0 Å². The van der Waals surface area contributed by atoms with Gasteiger partial charge >= 0.3 is 0 Å². The molecule has 0 aliphatic carbocycles. The van der Waals surface area contributed by atoms with Crippen LogP contribution in [0.5, 0.6) is 0 Å². The summed E-state index contributed by atoms with van der Waals surface area (Å²) in [6, 6.07) is 1.85. The number of aromatic nitrogens is 1. The van der Waals surface area contributed by atoms with E-state index >= 15 is 0 Å². The lowest BCUT2D eigenvalue weighted by Crippen LogP contribution is -2.14. The fourth-order valence-corrected chi connectivity index (χ4v) is 2.00. The van der Waals surface area contributed by atoms with Crippen LogP contribution in [0.3, 0.4) is 0 Å². The Hall–Kier alpha value is -0.870. The quantitative estimate of drug-likeness (QED) is 0.771. The molecule has 0 bridgehead atoms. The van der Waals surface area contributed by atoms with E-state index in [2.05, 4.69) is 17.1 Å². The van der Waals surface area contributed by atoms with Crippen LogP contribution in [0.25, 0.3) is 0 Å². The Labute approximate surface area is 83.5 Å². The van der Waals surface area contributed by atoms with Crippen LogP contribution >= 0.6 is 0 Å². The summed E-state index contributed by atoms with van der Waals surface area (Å²) in [5, 5.41) is 12.6. The van der Waals surface area contributed by atoms with Crippen LogP contribution in [-0.4, -0.2) is 35.3 Å². The molecule has 1 aromatic heterocycles. The van der Waals surface area contributed by atoms with Gasteiger partial charge in [0.05, 0.1) is 6.61 Å². The molecule has 2 heterocycles. The molecule has 4 heteroatoms. The van der Waals surface area contributed by atoms with Gasteiger partial charge in [0.1, 0.15) is 11.5 Å². The highest BCUT2D eigenvalue weighted by molar-refractivity contribution is 5.05. The maximum atomic E-state index is 8.82. The van der Waals surface area contributed by atoms with Crippen molar-refractivity contribution < 1.29 is 9.63 Å². The van der Waals surface area contributed by atoms with Gasteiger partial charge in [-0.3, -0.25) is 0 Å². The summed E-state index contributed by atoms with van der Waals surface area (Å²) in [5.41, 5.74) is 0.631. The molecule has 78 valence electrons. The zero-order chi connectivity index (χ0) is 9.97. The molecule has 2 rings (SSSR count). The number of rotatable bonds is 3. The largest absolute Gasteiger partial charge is 0.390 e. The van der Waals surface area contributed by atoms with Crippen LogP contribution in [0.15, 0.2) is 10.6 Å². The minimum Gasteiger partial charge on any atom is -0.390 e. The third kappa shape index (κ3) is 2.13. The third-order valence-electron chi connectivity index (χ3n) is 2.75. The van der Waals surface area contributed by atoms with Crippen molar-refractivity contribution in [3.63, 3.8) is 0 Å². The van der Waals surface area contributed by atoms with Crippen molar-refractivity contribution in [1.29, 1.82) is 0 Å². The summed E-state index contributed by atoms with van der Waals surface area (Å²) in [6.45, 7) is 2.27. The van der Waals surface area contributed by atoms with Crippen molar-refractivity contribution in [3.8, 4) is 0 Å². The van der Waals surface area contributed by atoms with E-state index in [1.165, 1.54) is 13.0 Å². The maximum Gasteiger partial charge on any atom is 0.137 e. The molecule has 1 aliphatic rings. The predicted octanol–water partition coefficient (Wildman–Crippen LogP) is 0.661. The molecule has 1 unspecified atom stereocenters. The van der Waals surface area contributed by atoms with Crippen LogP contribution in [0.1, 0.15) is 17.9 Å². The zero-order valence-electron chi connectivity index (χ0n) is 8.44. The number of hydrogen-bond donors (Lipinski definition) is 1. The second kappa shape index (κ2) is 4.11. The summed E-state index contributed by atoms with van der Waals surface area (Å²) in [6.07, 6.45) is 2.17. The number of likely N-dealkylation sites (tertiary alicyclic amines) is 1. The first kappa shape index (κ1) is 9.68. The molecule has 1 N–H and O–H groups in total. The van der Waals surface area contributed by atoms with Gasteiger partial charge in [0.25, 0.3) is 0 Å². The first-order valence-corrected chi connectivity index (χ1v) is 5.02. The average Bonchev–Trinajstić information content (AvgIpc) is 2.76. The molecule has 1 saturated heterocycles. The Morgan fingerprint density at radius 1 is 1.71 bits per heavy atom. The van der Waals surface area contributed by atoms with Crippen LogP contribution in [0, 0.1) is 5.92 Å². The van der Waals surface area contributed by atoms with Gasteiger partial charge in [-0.15, -0.1) is 0 Å². The first-order chi connectivity index (χ1) is 6.78. The average molecular weight is 196 g/mol. The first-order valence-electron chi connectivity index (χ1n) is 5.02. The van der Waals surface area contributed by atoms with E-state index < -0.39 is 0 Å². The Morgan fingerprint density at radius 3 is 3.14 bits per heavy atom. The molecule has 0 spiro atoms. The van der Waals surface area contributed by atoms with Crippen molar-refractivity contribution in [3.05, 3.63) is 17.5 Å². The molecule has 0 amide bonds. The van der Waals surface area contributed by atoms with Gasteiger partial charge in [-0.05, 0) is 25.9 Å². The Kier molecular flexibility index (Phi) is 2.84. The predicted molar refractivity (Wildman–Crippen MR) is 51.7 cm³/mol. The number of aliphatic hydroxyl groups is 1. The van der Waals surface area contributed by atoms with E-state index in [0.717, 1.165) is 18.7 Å². The monoisotopic (exact) mass is 196 g/mol. The van der Waals surface area contributed by atoms with Crippen molar-refractivity contribution in [2.24, 2.45) is 5.92 Å². The lowest BCUT2D eigenvalue weighted by molar-refractivity contribution is 0.264. The normalized spacial score (nSPS) is 23.1. The molecule has 1 fully saturated rings. The topological polar surface area (TPSA) is 49.5 Å². The van der Waals surface area contributed by atoms with Crippen LogP contribution < -0.4 is 0 Å². The fraction of sp³-hybridized carbons (Fsp3) is 0.700. The smallest absolute Gasteiger partial charge is 0.137 e. The van der Waals surface area contributed by atoms with E-state index in [1.807, 2.05) is 6.07 Å². The molecule has 0 aromatic carbocycles. The van der Waals surface area contributed by atoms with E-state index in [9.17, 15) is 0 Å². The highest BCUT2D eigenvalue weighted by Crippen LogP contribution is 2.19. The Morgan fingerprint density at radius 2 is 2.57 bits per heavy atom. The second-order valence-electron chi connectivity index (χ2n) is 4.06. The Balaban J connectivity index is 1.90. The lowest BCUT2D eigenvalue weighted by Gasteiger charge is -2.07. The summed E-state index contributed by atoms with van der Waals surface area (Å²) in [7, 11) is 2.14. The van der Waals surface area contributed by atoms with Crippen LogP contribution in [-0.2, 0) is 13.0 Å². The molecular weight excluding hydrogens is 180 g/mol. The highest BCUT2D eigenvalue weighted by Gasteiger charge is 2.21. The Bertz CT molecular complexity index is 298. The fourth-order valence-electron chi connectivity index (χ4n) is 2.00. The van der Waals surface area contributed by atoms with E-state index in [1.54, 1.807) is 0 Å². The molecule has 1 aromatic rings. The van der Waals surface area contributed by atoms with Crippen LogP contribution in [0.4, 0.5) is 0 Å². The van der Waals surface area contributed by atoms with E-state index in [0.29, 0.717) is 11.6 Å². The molecule has 14 heavy (non-hydrogen) atoms. The third-order valence-corrected chi connectivity index (χ3v) is 2.75. The molecule has 1 atom stereocenters. The lowest BCUT2D eigenvalue weighted by atomic mass is 10.0. The van der Waals surface area contributed by atoms with Gasteiger partial charge in [-0.25, -0.2) is 0 Å². The van der Waals surface area contributed by atoms with Crippen molar-refractivity contribution in [2.75, 3.05) is 20.1 Å². The van der Waals surface area contributed by atoms with Crippen LogP contribution in [0.2, 0.25) is 0 Å². The molecule has 0 radical (unpaired) electrons.